The van der Waals surface area contributed by atoms with Gasteiger partial charge in [-0.2, -0.15) is 15.6 Å². The molecule has 2 heterocycles. The lowest BCUT2D eigenvalue weighted by atomic mass is 10.3. The Morgan fingerprint density at radius 1 is 1.35 bits per heavy atom. The van der Waals surface area contributed by atoms with Crippen LogP contribution in [0.5, 0.6) is 0 Å². The normalized spacial score (nSPS) is 15.7. The summed E-state index contributed by atoms with van der Waals surface area (Å²) in [5.41, 5.74) is 6.53. The number of sulfonamides is 1. The first-order chi connectivity index (χ1) is 9.57. The van der Waals surface area contributed by atoms with Gasteiger partial charge in [-0.1, -0.05) is 0 Å². The molecule has 0 saturated heterocycles. The molecular weight excluding hydrogens is 294 g/mol. The van der Waals surface area contributed by atoms with Crippen LogP contribution in [0.25, 0.3) is 0 Å². The summed E-state index contributed by atoms with van der Waals surface area (Å²) in [6, 6.07) is 5.09. The van der Waals surface area contributed by atoms with E-state index in [2.05, 4.69) is 4.98 Å². The Bertz CT molecular complexity index is 677. The van der Waals surface area contributed by atoms with Crippen molar-refractivity contribution in [1.82, 2.24) is 9.29 Å². The lowest BCUT2D eigenvalue weighted by Crippen LogP contribution is -2.32. The van der Waals surface area contributed by atoms with Gasteiger partial charge in [0.05, 0.1) is 0 Å². The molecule has 0 amide bonds. The Hall–Kier alpha value is -1.44. The van der Waals surface area contributed by atoms with Crippen LogP contribution >= 0.6 is 11.3 Å². The minimum absolute atomic E-state index is 0.109. The van der Waals surface area contributed by atoms with Gasteiger partial charge in [0, 0.05) is 18.8 Å². The summed E-state index contributed by atoms with van der Waals surface area (Å²) in [6.45, 7) is 0.418. The fourth-order valence-electron chi connectivity index (χ4n) is 2.02. The van der Waals surface area contributed by atoms with Gasteiger partial charge < -0.3 is 5.73 Å². The van der Waals surface area contributed by atoms with E-state index in [1.807, 2.05) is 16.8 Å². The number of pyridine rings is 1. The van der Waals surface area contributed by atoms with Crippen molar-refractivity contribution in [2.24, 2.45) is 0 Å². The fourth-order valence-corrected chi connectivity index (χ4v) is 4.29. The van der Waals surface area contributed by atoms with Gasteiger partial charge in [-0.05, 0) is 47.4 Å². The van der Waals surface area contributed by atoms with E-state index in [0.717, 1.165) is 18.4 Å². The largest absolute Gasteiger partial charge is 0.384 e. The van der Waals surface area contributed by atoms with Crippen molar-refractivity contribution in [3.63, 3.8) is 0 Å². The Labute approximate surface area is 122 Å². The van der Waals surface area contributed by atoms with Crippen molar-refractivity contribution in [3.05, 3.63) is 40.7 Å². The summed E-state index contributed by atoms with van der Waals surface area (Å²) in [5, 5.41) is 3.93. The number of nitrogen functional groups attached to an aromatic ring is 1. The van der Waals surface area contributed by atoms with E-state index < -0.39 is 10.0 Å². The number of nitrogens with two attached hydrogens (primary N) is 1. The summed E-state index contributed by atoms with van der Waals surface area (Å²) >= 11 is 1.57. The Morgan fingerprint density at radius 2 is 2.15 bits per heavy atom. The predicted molar refractivity (Wildman–Crippen MR) is 78.7 cm³/mol. The lowest BCUT2D eigenvalue weighted by molar-refractivity contribution is 0.399. The van der Waals surface area contributed by atoms with E-state index in [9.17, 15) is 8.42 Å². The lowest BCUT2D eigenvalue weighted by Gasteiger charge is -2.21. The van der Waals surface area contributed by atoms with Crippen LogP contribution in [0.2, 0.25) is 0 Å². The molecule has 1 fully saturated rings. The maximum absolute atomic E-state index is 12.7. The maximum atomic E-state index is 12.7. The number of hydrogen-bond donors (Lipinski definition) is 1. The smallest absolute Gasteiger partial charge is 0.245 e. The summed E-state index contributed by atoms with van der Waals surface area (Å²) in [4.78, 5) is 4.08. The number of anilines is 1. The molecule has 1 saturated carbocycles. The Balaban J connectivity index is 1.91. The third-order valence-electron chi connectivity index (χ3n) is 3.24. The van der Waals surface area contributed by atoms with E-state index in [0.29, 0.717) is 12.4 Å². The first-order valence-electron chi connectivity index (χ1n) is 6.32. The minimum atomic E-state index is -3.51. The van der Waals surface area contributed by atoms with E-state index >= 15 is 0 Å². The number of hydrogen-bond acceptors (Lipinski definition) is 5. The second-order valence-corrected chi connectivity index (χ2v) is 7.50. The van der Waals surface area contributed by atoms with Crippen LogP contribution in [0.3, 0.4) is 0 Å². The molecule has 5 nitrogen and oxygen atoms in total. The highest BCUT2D eigenvalue weighted by Crippen LogP contribution is 2.33. The van der Waals surface area contributed by atoms with Crippen molar-refractivity contribution in [2.45, 2.75) is 30.3 Å². The van der Waals surface area contributed by atoms with E-state index in [4.69, 9.17) is 5.73 Å². The number of aromatic nitrogens is 1. The molecule has 0 aromatic carbocycles. The van der Waals surface area contributed by atoms with E-state index in [-0.39, 0.29) is 10.9 Å². The summed E-state index contributed by atoms with van der Waals surface area (Å²) in [5.74, 6) is 0.319. The maximum Gasteiger partial charge on any atom is 0.245 e. The Morgan fingerprint density at radius 3 is 2.70 bits per heavy atom. The molecule has 0 aliphatic heterocycles. The molecule has 0 spiro atoms. The minimum Gasteiger partial charge on any atom is -0.384 e. The van der Waals surface area contributed by atoms with Crippen LogP contribution in [-0.4, -0.2) is 23.7 Å². The molecule has 0 atom stereocenters. The van der Waals surface area contributed by atoms with Gasteiger partial charge in [-0.15, -0.1) is 0 Å². The second kappa shape index (κ2) is 5.16. The zero-order valence-electron chi connectivity index (χ0n) is 10.8. The molecule has 106 valence electrons. The highest BCUT2D eigenvalue weighted by Gasteiger charge is 2.38. The molecule has 3 rings (SSSR count). The molecular formula is C13H15N3O2S2. The molecule has 2 aromatic rings. The average Bonchev–Trinajstić information content (AvgIpc) is 3.12. The zero-order chi connectivity index (χ0) is 14.2. The highest BCUT2D eigenvalue weighted by molar-refractivity contribution is 7.89. The summed E-state index contributed by atoms with van der Waals surface area (Å²) < 4.78 is 27.0. The third kappa shape index (κ3) is 2.70. The summed E-state index contributed by atoms with van der Waals surface area (Å²) in [7, 11) is -3.51. The van der Waals surface area contributed by atoms with E-state index in [1.54, 1.807) is 15.6 Å². The first-order valence-corrected chi connectivity index (χ1v) is 8.70. The van der Waals surface area contributed by atoms with Gasteiger partial charge in [0.1, 0.15) is 10.7 Å². The topological polar surface area (TPSA) is 76.3 Å². The van der Waals surface area contributed by atoms with Crippen LogP contribution < -0.4 is 5.73 Å². The highest BCUT2D eigenvalue weighted by atomic mass is 32.2. The molecule has 1 aliphatic carbocycles. The quantitative estimate of drug-likeness (QED) is 0.917. The van der Waals surface area contributed by atoms with Gasteiger partial charge in [0.2, 0.25) is 10.0 Å². The third-order valence-corrected chi connectivity index (χ3v) is 5.85. The van der Waals surface area contributed by atoms with Crippen molar-refractivity contribution in [2.75, 3.05) is 5.73 Å². The van der Waals surface area contributed by atoms with Gasteiger partial charge >= 0.3 is 0 Å². The Kier molecular flexibility index (Phi) is 3.49. The SMILES string of the molecule is Nc1ccc(S(=O)(=O)N(Cc2ccsc2)C2CC2)cn1. The zero-order valence-corrected chi connectivity index (χ0v) is 12.4. The van der Waals surface area contributed by atoms with Crippen LogP contribution in [-0.2, 0) is 16.6 Å². The number of nitrogens with zero attached hydrogens (tertiary/aromatic N) is 2. The van der Waals surface area contributed by atoms with Crippen LogP contribution in [0.1, 0.15) is 18.4 Å². The molecule has 1 aliphatic rings. The first kappa shape index (κ1) is 13.5. The van der Waals surface area contributed by atoms with Crippen LogP contribution in [0.4, 0.5) is 5.82 Å². The van der Waals surface area contributed by atoms with E-state index in [1.165, 1.54) is 18.3 Å². The average molecular weight is 309 g/mol. The van der Waals surface area contributed by atoms with Gasteiger partial charge in [0.25, 0.3) is 0 Å². The monoisotopic (exact) mass is 309 g/mol. The molecule has 0 unspecified atom stereocenters. The number of rotatable bonds is 5. The van der Waals surface area contributed by atoms with Gasteiger partial charge in [0.15, 0.2) is 0 Å². The number of thiophene rings is 1. The van der Waals surface area contributed by atoms with Crippen molar-refractivity contribution < 1.29 is 8.42 Å². The second-order valence-electron chi connectivity index (χ2n) is 4.83. The van der Waals surface area contributed by atoms with Crippen molar-refractivity contribution >= 4 is 27.2 Å². The predicted octanol–water partition coefficient (Wildman–Crippen LogP) is 2.08. The van der Waals surface area contributed by atoms with Crippen LogP contribution in [0.15, 0.2) is 40.1 Å². The standard InChI is InChI=1S/C13H15N3O2S2/c14-13-4-3-12(7-15-13)20(17,18)16(11-1-2-11)8-10-5-6-19-9-10/h3-7,9,11H,1-2,8H2,(H2,14,15). The van der Waals surface area contributed by atoms with Crippen LogP contribution in [0, 0.1) is 0 Å². The molecule has 2 aromatic heterocycles. The molecule has 0 radical (unpaired) electrons. The molecule has 2 N–H and O–H groups in total. The molecule has 7 heteroatoms. The van der Waals surface area contributed by atoms with Crippen molar-refractivity contribution in [3.8, 4) is 0 Å². The molecule has 0 bridgehead atoms. The molecule has 20 heavy (non-hydrogen) atoms. The fraction of sp³-hybridized carbons (Fsp3) is 0.308. The van der Waals surface area contributed by atoms with Gasteiger partial charge in [-0.3, -0.25) is 0 Å². The van der Waals surface area contributed by atoms with Crippen molar-refractivity contribution in [1.29, 1.82) is 0 Å². The summed E-state index contributed by atoms with van der Waals surface area (Å²) in [6.07, 6.45) is 3.17. The van der Waals surface area contributed by atoms with Gasteiger partial charge in [-0.25, -0.2) is 13.4 Å².